The van der Waals surface area contributed by atoms with E-state index >= 15 is 0 Å². The van der Waals surface area contributed by atoms with Crippen molar-refractivity contribution in [1.82, 2.24) is 14.9 Å². The Labute approximate surface area is 169 Å². The van der Waals surface area contributed by atoms with E-state index in [4.69, 9.17) is 16.3 Å². The molecule has 4 rings (SSSR count). The van der Waals surface area contributed by atoms with Gasteiger partial charge in [0.25, 0.3) is 0 Å². The number of aromatic hydroxyl groups is 1. The number of phenols is 1. The molecule has 0 atom stereocenters. The Bertz CT molecular complexity index is 976. The van der Waals surface area contributed by atoms with Crippen LogP contribution in [0.1, 0.15) is 23.9 Å². The van der Waals surface area contributed by atoms with Crippen LogP contribution in [0.5, 0.6) is 11.5 Å². The monoisotopic (exact) mass is 395 g/mol. The molecule has 144 valence electrons. The maximum Gasteiger partial charge on any atom is 0.165 e. The van der Waals surface area contributed by atoms with Crippen molar-refractivity contribution in [3.8, 4) is 22.6 Å². The summed E-state index contributed by atoms with van der Waals surface area (Å²) in [6.45, 7) is 4.73. The fraction of sp³-hybridized carbons (Fsp3) is 0.273. The quantitative estimate of drug-likeness (QED) is 0.706. The Kier molecular flexibility index (Phi) is 5.46. The van der Waals surface area contributed by atoms with Crippen molar-refractivity contribution in [1.29, 1.82) is 0 Å². The summed E-state index contributed by atoms with van der Waals surface area (Å²) in [6.07, 6.45) is 4.60. The van der Waals surface area contributed by atoms with Gasteiger partial charge in [-0.25, -0.2) is 9.97 Å². The number of fused-ring (bicyclic) bond motifs is 1. The van der Waals surface area contributed by atoms with E-state index in [1.165, 1.54) is 0 Å². The Morgan fingerprint density at radius 2 is 1.96 bits per heavy atom. The van der Waals surface area contributed by atoms with E-state index < -0.39 is 0 Å². The maximum atomic E-state index is 10.5. The van der Waals surface area contributed by atoms with Gasteiger partial charge in [-0.3, -0.25) is 4.90 Å². The lowest BCUT2D eigenvalue weighted by Gasteiger charge is -2.19. The lowest BCUT2D eigenvalue weighted by atomic mass is 10.0. The van der Waals surface area contributed by atoms with E-state index in [1.54, 1.807) is 6.07 Å². The van der Waals surface area contributed by atoms with Gasteiger partial charge in [0, 0.05) is 54.6 Å². The second kappa shape index (κ2) is 8.17. The Morgan fingerprint density at radius 1 is 1.14 bits per heavy atom. The fourth-order valence-electron chi connectivity index (χ4n) is 3.43. The van der Waals surface area contributed by atoms with Crippen LogP contribution in [0.4, 0.5) is 0 Å². The highest BCUT2D eigenvalue weighted by atomic mass is 35.5. The average Bonchev–Trinajstić information content (AvgIpc) is 2.91. The van der Waals surface area contributed by atoms with Crippen molar-refractivity contribution >= 4 is 11.6 Å². The summed E-state index contributed by atoms with van der Waals surface area (Å²) in [7, 11) is 0. The number of halogens is 1. The minimum absolute atomic E-state index is 0.157. The zero-order chi connectivity index (χ0) is 19.5. The highest BCUT2D eigenvalue weighted by molar-refractivity contribution is 6.30. The second-order valence-corrected chi connectivity index (χ2v) is 7.35. The van der Waals surface area contributed by atoms with Crippen LogP contribution in [0.15, 0.2) is 48.8 Å². The van der Waals surface area contributed by atoms with E-state index in [9.17, 15) is 5.11 Å². The van der Waals surface area contributed by atoms with Gasteiger partial charge in [-0.15, -0.1) is 0 Å². The molecule has 2 heterocycles. The Morgan fingerprint density at radius 3 is 2.71 bits per heavy atom. The van der Waals surface area contributed by atoms with Crippen LogP contribution in [-0.2, 0) is 19.5 Å². The summed E-state index contributed by atoms with van der Waals surface area (Å²) in [6, 6.07) is 11.4. The van der Waals surface area contributed by atoms with Crippen molar-refractivity contribution in [2.45, 2.75) is 26.4 Å². The van der Waals surface area contributed by atoms with Gasteiger partial charge in [0.1, 0.15) is 12.4 Å². The predicted octanol–water partition coefficient (Wildman–Crippen LogP) is 4.46. The number of nitrogens with zero attached hydrogens (tertiary/aromatic N) is 3. The molecule has 2 aromatic carbocycles. The number of rotatable bonds is 4. The summed E-state index contributed by atoms with van der Waals surface area (Å²) < 4.78 is 5.85. The smallest absolute Gasteiger partial charge is 0.165 e. The van der Waals surface area contributed by atoms with Crippen molar-refractivity contribution in [2.75, 3.05) is 13.2 Å². The molecule has 6 heteroatoms. The molecule has 3 aromatic rings. The van der Waals surface area contributed by atoms with Crippen LogP contribution in [0, 0.1) is 0 Å². The standard InChI is InChI=1S/C22H22ClN3O2/c1-2-21-24-11-15(12-25-21)13-26-6-7-28-22-18(14-26)8-17(10-20(22)27)16-4-3-5-19(23)9-16/h3-5,8-12,27H,2,6-7,13-14H2,1H3. The molecule has 1 aliphatic rings. The summed E-state index contributed by atoms with van der Waals surface area (Å²) >= 11 is 6.13. The number of hydrogen-bond donors (Lipinski definition) is 1. The van der Waals surface area contributed by atoms with Crippen LogP contribution in [0.25, 0.3) is 11.1 Å². The molecule has 0 saturated carbocycles. The molecule has 5 nitrogen and oxygen atoms in total. The second-order valence-electron chi connectivity index (χ2n) is 6.91. The molecule has 0 aliphatic carbocycles. The molecule has 0 bridgehead atoms. The number of hydrogen-bond acceptors (Lipinski definition) is 5. The third-order valence-electron chi connectivity index (χ3n) is 4.83. The largest absolute Gasteiger partial charge is 0.504 e. The van der Waals surface area contributed by atoms with Crippen LogP contribution in [0.3, 0.4) is 0 Å². The molecule has 1 aliphatic heterocycles. The molecular weight excluding hydrogens is 374 g/mol. The highest BCUT2D eigenvalue weighted by Gasteiger charge is 2.20. The van der Waals surface area contributed by atoms with E-state index in [0.717, 1.165) is 47.6 Å². The maximum absolute atomic E-state index is 10.5. The van der Waals surface area contributed by atoms with Gasteiger partial charge in [0.15, 0.2) is 11.5 Å². The van der Waals surface area contributed by atoms with Gasteiger partial charge in [0.2, 0.25) is 0 Å². The highest BCUT2D eigenvalue weighted by Crippen LogP contribution is 2.38. The summed E-state index contributed by atoms with van der Waals surface area (Å²) in [5.41, 5.74) is 3.90. The van der Waals surface area contributed by atoms with Crippen molar-refractivity contribution in [3.05, 3.63) is 70.8 Å². The first-order chi connectivity index (χ1) is 13.6. The molecule has 0 radical (unpaired) electrons. The predicted molar refractivity (Wildman–Crippen MR) is 110 cm³/mol. The molecule has 1 N–H and O–H groups in total. The van der Waals surface area contributed by atoms with Gasteiger partial charge < -0.3 is 9.84 Å². The summed E-state index contributed by atoms with van der Waals surface area (Å²) in [5, 5.41) is 11.2. The van der Waals surface area contributed by atoms with Gasteiger partial charge in [-0.2, -0.15) is 0 Å². The summed E-state index contributed by atoms with van der Waals surface area (Å²) in [5.74, 6) is 1.57. The number of aryl methyl sites for hydroxylation is 1. The Hall–Kier alpha value is -2.63. The molecule has 0 spiro atoms. The first kappa shape index (κ1) is 18.7. The molecule has 28 heavy (non-hydrogen) atoms. The molecule has 0 saturated heterocycles. The Balaban J connectivity index is 1.60. The topological polar surface area (TPSA) is 58.5 Å². The van der Waals surface area contributed by atoms with Crippen molar-refractivity contribution in [3.63, 3.8) is 0 Å². The SMILES string of the molecule is CCc1ncc(CN2CCOc3c(O)cc(-c4cccc(Cl)c4)cc3C2)cn1. The van der Waals surface area contributed by atoms with Crippen molar-refractivity contribution < 1.29 is 9.84 Å². The zero-order valence-electron chi connectivity index (χ0n) is 15.7. The van der Waals surface area contributed by atoms with E-state index in [2.05, 4.69) is 20.9 Å². The third-order valence-corrected chi connectivity index (χ3v) is 5.07. The van der Waals surface area contributed by atoms with E-state index in [0.29, 0.717) is 23.9 Å². The zero-order valence-corrected chi connectivity index (χ0v) is 16.5. The van der Waals surface area contributed by atoms with E-state index in [-0.39, 0.29) is 5.75 Å². The van der Waals surface area contributed by atoms with Crippen LogP contribution >= 0.6 is 11.6 Å². The number of phenolic OH excluding ortho intramolecular Hbond substituents is 1. The van der Waals surface area contributed by atoms with Crippen LogP contribution < -0.4 is 4.74 Å². The average molecular weight is 396 g/mol. The lowest BCUT2D eigenvalue weighted by molar-refractivity contribution is 0.217. The minimum Gasteiger partial charge on any atom is -0.504 e. The molecular formula is C22H22ClN3O2. The first-order valence-electron chi connectivity index (χ1n) is 9.39. The van der Waals surface area contributed by atoms with Gasteiger partial charge >= 0.3 is 0 Å². The number of aromatic nitrogens is 2. The molecule has 0 fully saturated rings. The number of ether oxygens (including phenoxy) is 1. The molecule has 0 unspecified atom stereocenters. The fourth-order valence-corrected chi connectivity index (χ4v) is 3.62. The normalized spacial score (nSPS) is 14.2. The molecule has 1 aromatic heterocycles. The lowest BCUT2D eigenvalue weighted by Crippen LogP contribution is -2.25. The minimum atomic E-state index is 0.157. The van der Waals surface area contributed by atoms with E-state index in [1.807, 2.05) is 43.6 Å². The van der Waals surface area contributed by atoms with Crippen LogP contribution in [-0.4, -0.2) is 33.1 Å². The van der Waals surface area contributed by atoms with Crippen LogP contribution in [0.2, 0.25) is 5.02 Å². The first-order valence-corrected chi connectivity index (χ1v) is 9.77. The number of benzene rings is 2. The van der Waals surface area contributed by atoms with Gasteiger partial charge in [-0.05, 0) is 35.4 Å². The molecule has 0 amide bonds. The van der Waals surface area contributed by atoms with Gasteiger partial charge in [-0.1, -0.05) is 30.7 Å². The van der Waals surface area contributed by atoms with Gasteiger partial charge in [0.05, 0.1) is 0 Å². The summed E-state index contributed by atoms with van der Waals surface area (Å²) in [4.78, 5) is 11.0. The van der Waals surface area contributed by atoms with Crippen molar-refractivity contribution in [2.24, 2.45) is 0 Å². The third kappa shape index (κ3) is 4.11.